The fourth-order valence-electron chi connectivity index (χ4n) is 1.59. The zero-order valence-corrected chi connectivity index (χ0v) is 12.0. The lowest BCUT2D eigenvalue weighted by Crippen LogP contribution is -2.01. The number of hydrogen-bond acceptors (Lipinski definition) is 3. The molecule has 3 nitrogen and oxygen atoms in total. The number of ether oxygens (including phenoxy) is 1. The van der Waals surface area contributed by atoms with E-state index >= 15 is 0 Å². The van der Waals surface area contributed by atoms with Crippen molar-refractivity contribution in [2.45, 2.75) is 13.5 Å². The molecule has 1 N–H and O–H groups in total. The number of nitrogens with one attached hydrogen (secondary N) is 1. The Balaban J connectivity index is 2.00. The third-order valence-corrected chi connectivity index (χ3v) is 3.12. The van der Waals surface area contributed by atoms with E-state index in [1.807, 2.05) is 25.1 Å². The second-order valence-corrected chi connectivity index (χ2v) is 4.75. The van der Waals surface area contributed by atoms with E-state index in [4.69, 9.17) is 27.9 Å². The number of rotatable bonds is 5. The van der Waals surface area contributed by atoms with Crippen LogP contribution in [0.2, 0.25) is 10.0 Å². The summed E-state index contributed by atoms with van der Waals surface area (Å²) in [6, 6.07) is 9.14. The Bertz CT molecular complexity index is 544. The summed E-state index contributed by atoms with van der Waals surface area (Å²) in [6.07, 6.45) is 1.73. The smallest absolute Gasteiger partial charge is 0.213 e. The van der Waals surface area contributed by atoms with Gasteiger partial charge in [0.15, 0.2) is 0 Å². The van der Waals surface area contributed by atoms with Crippen molar-refractivity contribution in [1.29, 1.82) is 0 Å². The standard InChI is InChI=1S/C14H14Cl2N2O/c1-2-19-14-6-4-12(9-18-14)17-8-10-7-11(15)3-5-13(10)16/h3-7,9,17H,2,8H2,1H3. The molecule has 0 saturated heterocycles. The van der Waals surface area contributed by atoms with Crippen LogP contribution in [0.5, 0.6) is 5.88 Å². The highest BCUT2D eigenvalue weighted by atomic mass is 35.5. The molecule has 0 spiro atoms. The summed E-state index contributed by atoms with van der Waals surface area (Å²) in [6.45, 7) is 3.13. The predicted octanol–water partition coefficient (Wildman–Crippen LogP) is 4.40. The average molecular weight is 297 g/mol. The van der Waals surface area contributed by atoms with Gasteiger partial charge in [-0.2, -0.15) is 0 Å². The number of anilines is 1. The summed E-state index contributed by atoms with van der Waals surface area (Å²) in [7, 11) is 0. The van der Waals surface area contributed by atoms with E-state index in [1.165, 1.54) is 0 Å². The van der Waals surface area contributed by atoms with Gasteiger partial charge >= 0.3 is 0 Å². The van der Waals surface area contributed by atoms with Gasteiger partial charge in [-0.3, -0.25) is 0 Å². The molecule has 0 amide bonds. The lowest BCUT2D eigenvalue weighted by molar-refractivity contribution is 0.327. The van der Waals surface area contributed by atoms with Gasteiger partial charge in [-0.05, 0) is 36.8 Å². The van der Waals surface area contributed by atoms with Gasteiger partial charge in [0.05, 0.1) is 18.5 Å². The summed E-state index contributed by atoms with van der Waals surface area (Å²) in [5, 5.41) is 4.60. The van der Waals surface area contributed by atoms with E-state index in [2.05, 4.69) is 10.3 Å². The van der Waals surface area contributed by atoms with Crippen molar-refractivity contribution in [2.24, 2.45) is 0 Å². The topological polar surface area (TPSA) is 34.1 Å². The highest BCUT2D eigenvalue weighted by Crippen LogP contribution is 2.22. The lowest BCUT2D eigenvalue weighted by atomic mass is 10.2. The summed E-state index contributed by atoms with van der Waals surface area (Å²) in [5.74, 6) is 0.619. The molecule has 19 heavy (non-hydrogen) atoms. The molecule has 0 aliphatic heterocycles. The minimum atomic E-state index is 0.592. The van der Waals surface area contributed by atoms with Crippen LogP contribution in [0.25, 0.3) is 0 Å². The van der Waals surface area contributed by atoms with Crippen molar-refractivity contribution >= 4 is 28.9 Å². The van der Waals surface area contributed by atoms with Crippen LogP contribution in [0, 0.1) is 0 Å². The van der Waals surface area contributed by atoms with Crippen LogP contribution < -0.4 is 10.1 Å². The van der Waals surface area contributed by atoms with Crippen LogP contribution in [0.4, 0.5) is 5.69 Å². The molecule has 5 heteroatoms. The van der Waals surface area contributed by atoms with Gasteiger partial charge < -0.3 is 10.1 Å². The SMILES string of the molecule is CCOc1ccc(NCc2cc(Cl)ccc2Cl)cn1. The normalized spacial score (nSPS) is 10.3. The van der Waals surface area contributed by atoms with Crippen molar-refractivity contribution in [1.82, 2.24) is 4.98 Å². The van der Waals surface area contributed by atoms with E-state index in [-0.39, 0.29) is 0 Å². The Morgan fingerprint density at radius 1 is 1.21 bits per heavy atom. The Kier molecular flexibility index (Phi) is 4.88. The monoisotopic (exact) mass is 296 g/mol. The maximum Gasteiger partial charge on any atom is 0.213 e. The number of benzene rings is 1. The van der Waals surface area contributed by atoms with Crippen LogP contribution in [0.3, 0.4) is 0 Å². The van der Waals surface area contributed by atoms with E-state index in [1.54, 1.807) is 18.3 Å². The summed E-state index contributed by atoms with van der Waals surface area (Å²) < 4.78 is 5.28. The van der Waals surface area contributed by atoms with Crippen LogP contribution in [0.15, 0.2) is 36.5 Å². The molecule has 0 atom stereocenters. The van der Waals surface area contributed by atoms with Crippen LogP contribution in [-0.2, 0) is 6.54 Å². The molecule has 2 aromatic rings. The highest BCUT2D eigenvalue weighted by molar-refractivity contribution is 6.33. The number of halogens is 2. The molecule has 0 unspecified atom stereocenters. The Labute approximate surface area is 122 Å². The molecule has 1 heterocycles. The molecular formula is C14H14Cl2N2O. The van der Waals surface area contributed by atoms with E-state index in [0.29, 0.717) is 29.1 Å². The summed E-state index contributed by atoms with van der Waals surface area (Å²) in [4.78, 5) is 4.18. The third kappa shape index (κ3) is 4.01. The molecule has 1 aromatic carbocycles. The van der Waals surface area contributed by atoms with Crippen LogP contribution in [-0.4, -0.2) is 11.6 Å². The Morgan fingerprint density at radius 2 is 2.05 bits per heavy atom. The molecule has 0 saturated carbocycles. The summed E-state index contributed by atoms with van der Waals surface area (Å²) in [5.41, 5.74) is 1.85. The number of pyridine rings is 1. The number of aromatic nitrogens is 1. The van der Waals surface area contributed by atoms with E-state index in [9.17, 15) is 0 Å². The minimum Gasteiger partial charge on any atom is -0.478 e. The largest absolute Gasteiger partial charge is 0.478 e. The van der Waals surface area contributed by atoms with Crippen molar-refractivity contribution in [3.05, 3.63) is 52.1 Å². The van der Waals surface area contributed by atoms with E-state index in [0.717, 1.165) is 11.3 Å². The third-order valence-electron chi connectivity index (χ3n) is 2.52. The first-order valence-corrected chi connectivity index (χ1v) is 6.71. The first kappa shape index (κ1) is 14.0. The number of nitrogens with zero attached hydrogens (tertiary/aromatic N) is 1. The summed E-state index contributed by atoms with van der Waals surface area (Å²) >= 11 is 12.0. The quantitative estimate of drug-likeness (QED) is 0.888. The lowest BCUT2D eigenvalue weighted by Gasteiger charge is -2.09. The maximum absolute atomic E-state index is 6.09. The molecule has 0 fully saturated rings. The molecule has 0 bridgehead atoms. The van der Waals surface area contributed by atoms with Crippen molar-refractivity contribution in [3.8, 4) is 5.88 Å². The van der Waals surface area contributed by atoms with Gasteiger partial charge in [0.1, 0.15) is 0 Å². The van der Waals surface area contributed by atoms with Crippen LogP contribution in [0.1, 0.15) is 12.5 Å². The van der Waals surface area contributed by atoms with Gasteiger partial charge in [-0.1, -0.05) is 23.2 Å². The first-order valence-electron chi connectivity index (χ1n) is 5.95. The molecule has 100 valence electrons. The molecular weight excluding hydrogens is 283 g/mol. The van der Waals surface area contributed by atoms with Gasteiger partial charge in [-0.15, -0.1) is 0 Å². The second-order valence-electron chi connectivity index (χ2n) is 3.91. The molecule has 1 aromatic heterocycles. The van der Waals surface area contributed by atoms with Crippen LogP contribution >= 0.6 is 23.2 Å². The minimum absolute atomic E-state index is 0.592. The van der Waals surface area contributed by atoms with Gasteiger partial charge in [0.25, 0.3) is 0 Å². The van der Waals surface area contributed by atoms with Gasteiger partial charge in [0, 0.05) is 22.7 Å². The Hall–Kier alpha value is -1.45. The van der Waals surface area contributed by atoms with Gasteiger partial charge in [0.2, 0.25) is 5.88 Å². The molecule has 0 radical (unpaired) electrons. The number of hydrogen-bond donors (Lipinski definition) is 1. The molecule has 0 aliphatic rings. The molecule has 2 rings (SSSR count). The van der Waals surface area contributed by atoms with Crippen molar-refractivity contribution in [2.75, 3.05) is 11.9 Å². The highest BCUT2D eigenvalue weighted by Gasteiger charge is 2.02. The van der Waals surface area contributed by atoms with Gasteiger partial charge in [-0.25, -0.2) is 4.98 Å². The zero-order chi connectivity index (χ0) is 13.7. The van der Waals surface area contributed by atoms with Crippen molar-refractivity contribution < 1.29 is 4.74 Å². The predicted molar refractivity (Wildman–Crippen MR) is 79.2 cm³/mol. The second kappa shape index (κ2) is 6.64. The average Bonchev–Trinajstić information content (AvgIpc) is 2.42. The fourth-order valence-corrected chi connectivity index (χ4v) is 1.97. The van der Waals surface area contributed by atoms with Crippen molar-refractivity contribution in [3.63, 3.8) is 0 Å². The Morgan fingerprint density at radius 3 is 2.74 bits per heavy atom. The fraction of sp³-hybridized carbons (Fsp3) is 0.214. The molecule has 0 aliphatic carbocycles. The maximum atomic E-state index is 6.09. The first-order chi connectivity index (χ1) is 9.19. The van der Waals surface area contributed by atoms with E-state index < -0.39 is 0 Å². The zero-order valence-electron chi connectivity index (χ0n) is 10.5.